The summed E-state index contributed by atoms with van der Waals surface area (Å²) in [5.41, 5.74) is 1.02. The van der Waals surface area contributed by atoms with Gasteiger partial charge in [-0.15, -0.1) is 0 Å². The Bertz CT molecular complexity index is 799. The minimum atomic E-state index is -3.17. The molecule has 0 spiro atoms. The zero-order chi connectivity index (χ0) is 19.0. The van der Waals surface area contributed by atoms with Crippen molar-refractivity contribution in [2.24, 2.45) is 4.99 Å². The fraction of sp³-hybridized carbons (Fsp3) is 0.389. The van der Waals surface area contributed by atoms with Gasteiger partial charge in [0.05, 0.1) is 17.7 Å². The van der Waals surface area contributed by atoms with E-state index in [0.29, 0.717) is 29.7 Å². The van der Waals surface area contributed by atoms with Crippen LogP contribution in [0.25, 0.3) is 0 Å². The van der Waals surface area contributed by atoms with Crippen LogP contribution in [0.3, 0.4) is 0 Å². The molecule has 0 amide bonds. The first-order valence-corrected chi connectivity index (χ1v) is 10.3. The quantitative estimate of drug-likeness (QED) is 0.474. The second-order valence-corrected chi connectivity index (χ2v) is 7.86. The number of guanidine groups is 1. The number of aliphatic imine (C=N–C) groups is 1. The Balaban J connectivity index is 1.86. The number of rotatable bonds is 8. The normalized spacial score (nSPS) is 13.4. The topological polar surface area (TPSA) is 104 Å². The van der Waals surface area contributed by atoms with Crippen molar-refractivity contribution in [1.82, 2.24) is 10.6 Å². The first-order valence-electron chi connectivity index (χ1n) is 8.42. The summed E-state index contributed by atoms with van der Waals surface area (Å²) in [6.45, 7) is 3.47. The molecule has 1 heterocycles. The molecule has 3 N–H and O–H groups in total. The lowest BCUT2D eigenvalue weighted by Crippen LogP contribution is -2.38. The molecule has 0 aliphatic heterocycles. The van der Waals surface area contributed by atoms with Crippen molar-refractivity contribution in [1.29, 1.82) is 0 Å². The van der Waals surface area contributed by atoms with Crippen molar-refractivity contribution in [3.8, 4) is 0 Å². The molecular formula is C18H25N3O4S. The smallest absolute Gasteiger partial charge is 0.191 e. The number of nitrogens with one attached hydrogen (secondary N) is 2. The summed E-state index contributed by atoms with van der Waals surface area (Å²) < 4.78 is 28.1. The zero-order valence-corrected chi connectivity index (χ0v) is 15.8. The Labute approximate surface area is 154 Å². The van der Waals surface area contributed by atoms with Crippen molar-refractivity contribution >= 4 is 15.8 Å². The highest BCUT2D eigenvalue weighted by atomic mass is 32.2. The van der Waals surface area contributed by atoms with Crippen LogP contribution in [0.1, 0.15) is 24.4 Å². The lowest BCUT2D eigenvalue weighted by Gasteiger charge is -2.12. The number of furan rings is 1. The van der Waals surface area contributed by atoms with Crippen molar-refractivity contribution < 1.29 is 17.9 Å². The van der Waals surface area contributed by atoms with Crippen LogP contribution in [0, 0.1) is 0 Å². The van der Waals surface area contributed by atoms with Crippen molar-refractivity contribution in [2.75, 3.05) is 25.9 Å². The molecule has 0 saturated carbocycles. The largest absolute Gasteiger partial charge is 0.467 e. The van der Waals surface area contributed by atoms with Gasteiger partial charge in [0.1, 0.15) is 11.9 Å². The number of nitrogens with zero attached hydrogens (tertiary/aromatic N) is 1. The van der Waals surface area contributed by atoms with Crippen LogP contribution in [0.4, 0.5) is 0 Å². The van der Waals surface area contributed by atoms with Gasteiger partial charge in [-0.2, -0.15) is 0 Å². The molecular weight excluding hydrogens is 354 g/mol. The van der Waals surface area contributed by atoms with Gasteiger partial charge in [-0.25, -0.2) is 8.42 Å². The molecule has 8 heteroatoms. The average Bonchev–Trinajstić information content (AvgIpc) is 3.14. The number of hydrogen-bond donors (Lipinski definition) is 3. The monoisotopic (exact) mass is 379 g/mol. The standard InChI is InChI=1S/C18H25N3O4S/c1-3-19-18(21-13-16(22)17-5-4-12-25-17)20-11-10-14-6-8-15(9-7-14)26(2,23)24/h4-9,12,16,22H,3,10-11,13H2,1-2H3,(H2,19,20,21). The molecule has 1 unspecified atom stereocenters. The molecule has 26 heavy (non-hydrogen) atoms. The Hall–Kier alpha value is -2.32. The van der Waals surface area contributed by atoms with E-state index in [2.05, 4.69) is 15.6 Å². The Morgan fingerprint density at radius 2 is 1.96 bits per heavy atom. The summed E-state index contributed by atoms with van der Waals surface area (Å²) in [5.74, 6) is 1.08. The highest BCUT2D eigenvalue weighted by molar-refractivity contribution is 7.90. The van der Waals surface area contributed by atoms with Crippen molar-refractivity contribution in [3.05, 3.63) is 54.0 Å². The molecule has 0 aliphatic carbocycles. The van der Waals surface area contributed by atoms with Gasteiger partial charge in [0.15, 0.2) is 15.8 Å². The van der Waals surface area contributed by atoms with E-state index in [1.54, 1.807) is 24.3 Å². The fourth-order valence-corrected chi connectivity index (χ4v) is 2.95. The van der Waals surface area contributed by atoms with Gasteiger partial charge in [0.2, 0.25) is 0 Å². The van der Waals surface area contributed by atoms with Crippen LogP contribution >= 0.6 is 0 Å². The second-order valence-electron chi connectivity index (χ2n) is 5.84. The summed E-state index contributed by atoms with van der Waals surface area (Å²) in [4.78, 5) is 4.67. The van der Waals surface area contributed by atoms with E-state index in [1.165, 1.54) is 12.5 Å². The Morgan fingerprint density at radius 3 is 2.54 bits per heavy atom. The molecule has 0 fully saturated rings. The van der Waals surface area contributed by atoms with Crippen LogP contribution in [-0.2, 0) is 16.3 Å². The highest BCUT2D eigenvalue weighted by Crippen LogP contribution is 2.13. The summed E-state index contributed by atoms with van der Waals surface area (Å²) >= 11 is 0. The number of hydrogen-bond acceptors (Lipinski definition) is 5. The molecule has 0 radical (unpaired) electrons. The minimum absolute atomic E-state index is 0.186. The zero-order valence-electron chi connectivity index (χ0n) is 15.0. The maximum Gasteiger partial charge on any atom is 0.191 e. The first-order chi connectivity index (χ1) is 12.4. The molecule has 2 aromatic rings. The molecule has 2 rings (SSSR count). The van der Waals surface area contributed by atoms with Gasteiger partial charge >= 0.3 is 0 Å². The molecule has 1 atom stereocenters. The van der Waals surface area contributed by atoms with E-state index < -0.39 is 15.9 Å². The predicted octanol–water partition coefficient (Wildman–Crippen LogP) is 1.51. The second kappa shape index (κ2) is 9.40. The SMILES string of the molecule is CCNC(=NCC(O)c1ccco1)NCCc1ccc(S(C)(=O)=O)cc1. The van der Waals surface area contributed by atoms with Gasteiger partial charge in [-0.3, -0.25) is 4.99 Å². The lowest BCUT2D eigenvalue weighted by atomic mass is 10.1. The van der Waals surface area contributed by atoms with Gasteiger partial charge in [-0.05, 0) is 43.2 Å². The molecule has 7 nitrogen and oxygen atoms in total. The van der Waals surface area contributed by atoms with E-state index in [0.717, 1.165) is 12.0 Å². The maximum absolute atomic E-state index is 11.5. The van der Waals surface area contributed by atoms with Crippen LogP contribution in [0.15, 0.2) is 57.0 Å². The number of sulfone groups is 1. The summed E-state index contributed by atoms with van der Waals surface area (Å²) in [5, 5.41) is 16.3. The van der Waals surface area contributed by atoms with Crippen molar-refractivity contribution in [3.63, 3.8) is 0 Å². The lowest BCUT2D eigenvalue weighted by molar-refractivity contribution is 0.158. The number of benzene rings is 1. The molecule has 142 valence electrons. The van der Waals surface area contributed by atoms with Gasteiger partial charge in [0.25, 0.3) is 0 Å². The van der Waals surface area contributed by atoms with E-state index in [4.69, 9.17) is 4.42 Å². The van der Waals surface area contributed by atoms with Gasteiger partial charge in [-0.1, -0.05) is 12.1 Å². The first kappa shape index (κ1) is 20.0. The molecule has 0 bridgehead atoms. The van der Waals surface area contributed by atoms with E-state index in [1.807, 2.05) is 19.1 Å². The Morgan fingerprint density at radius 1 is 1.23 bits per heavy atom. The number of aliphatic hydroxyl groups is 1. The summed E-state index contributed by atoms with van der Waals surface area (Å²) in [7, 11) is -3.17. The maximum atomic E-state index is 11.5. The minimum Gasteiger partial charge on any atom is -0.467 e. The highest BCUT2D eigenvalue weighted by Gasteiger charge is 2.10. The molecule has 1 aromatic heterocycles. The van der Waals surface area contributed by atoms with Gasteiger partial charge in [0, 0.05) is 19.3 Å². The molecule has 1 aromatic carbocycles. The molecule has 0 saturated heterocycles. The van der Waals surface area contributed by atoms with Gasteiger partial charge < -0.3 is 20.2 Å². The van der Waals surface area contributed by atoms with E-state index >= 15 is 0 Å². The van der Waals surface area contributed by atoms with E-state index in [9.17, 15) is 13.5 Å². The third kappa shape index (κ3) is 6.20. The third-order valence-electron chi connectivity index (χ3n) is 3.70. The van der Waals surface area contributed by atoms with Crippen molar-refractivity contribution in [2.45, 2.75) is 24.3 Å². The van der Waals surface area contributed by atoms with Crippen LogP contribution in [0.2, 0.25) is 0 Å². The summed E-state index contributed by atoms with van der Waals surface area (Å²) in [6.07, 6.45) is 2.64. The predicted molar refractivity (Wildman–Crippen MR) is 101 cm³/mol. The molecule has 0 aliphatic rings. The summed E-state index contributed by atoms with van der Waals surface area (Å²) in [6, 6.07) is 10.3. The van der Waals surface area contributed by atoms with Crippen LogP contribution < -0.4 is 10.6 Å². The Kier molecular flexibility index (Phi) is 7.23. The van der Waals surface area contributed by atoms with E-state index in [-0.39, 0.29) is 6.54 Å². The third-order valence-corrected chi connectivity index (χ3v) is 4.82. The van der Waals surface area contributed by atoms with Crippen LogP contribution in [0.5, 0.6) is 0 Å². The number of aliphatic hydroxyl groups excluding tert-OH is 1. The fourth-order valence-electron chi connectivity index (χ4n) is 2.32. The van der Waals surface area contributed by atoms with Crippen LogP contribution in [-0.4, -0.2) is 45.4 Å². The average molecular weight is 379 g/mol.